The van der Waals surface area contributed by atoms with Crippen molar-refractivity contribution in [1.29, 1.82) is 0 Å². The van der Waals surface area contributed by atoms with Crippen molar-refractivity contribution in [3.05, 3.63) is 69.6 Å². The molecule has 1 fully saturated rings. The third-order valence-corrected chi connectivity index (χ3v) is 6.18. The molecule has 0 N–H and O–H groups in total. The smallest absolute Gasteiger partial charge is 0.291 e. The van der Waals surface area contributed by atoms with Crippen molar-refractivity contribution >= 4 is 16.9 Å². The molecule has 0 unspecified atom stereocenters. The molecular formula is C26H27NO6. The molecule has 2 aliphatic heterocycles. The van der Waals surface area contributed by atoms with Crippen LogP contribution in [0.25, 0.3) is 11.0 Å². The van der Waals surface area contributed by atoms with Crippen LogP contribution >= 0.6 is 0 Å². The molecular weight excluding hydrogens is 422 g/mol. The van der Waals surface area contributed by atoms with E-state index < -0.39 is 6.04 Å². The van der Waals surface area contributed by atoms with Crippen LogP contribution in [-0.4, -0.2) is 43.3 Å². The van der Waals surface area contributed by atoms with Gasteiger partial charge in [-0.05, 0) is 56.5 Å². The van der Waals surface area contributed by atoms with Crippen molar-refractivity contribution in [2.24, 2.45) is 0 Å². The van der Waals surface area contributed by atoms with Gasteiger partial charge < -0.3 is 23.5 Å². The van der Waals surface area contributed by atoms with Gasteiger partial charge in [0.15, 0.2) is 16.9 Å². The summed E-state index contributed by atoms with van der Waals surface area (Å²) in [5.41, 5.74) is 1.36. The van der Waals surface area contributed by atoms with Crippen LogP contribution in [0.1, 0.15) is 54.4 Å². The van der Waals surface area contributed by atoms with Crippen molar-refractivity contribution in [2.45, 2.75) is 38.8 Å². The number of hydrogen-bond donors (Lipinski definition) is 0. The molecule has 0 aliphatic carbocycles. The average molecular weight is 450 g/mol. The number of ether oxygens (including phenoxy) is 3. The monoisotopic (exact) mass is 449 g/mol. The number of amides is 1. The van der Waals surface area contributed by atoms with Crippen molar-refractivity contribution in [1.82, 2.24) is 4.90 Å². The number of hydrogen-bond acceptors (Lipinski definition) is 6. The molecule has 33 heavy (non-hydrogen) atoms. The number of carbonyl (C=O) groups excluding carboxylic acids is 1. The second-order valence-corrected chi connectivity index (χ2v) is 8.24. The van der Waals surface area contributed by atoms with Crippen LogP contribution in [0.4, 0.5) is 0 Å². The summed E-state index contributed by atoms with van der Waals surface area (Å²) in [6.45, 7) is 5.86. The molecule has 5 rings (SSSR count). The Bertz CT molecular complexity index is 1240. The first kappa shape index (κ1) is 21.5. The third-order valence-electron chi connectivity index (χ3n) is 6.18. The fourth-order valence-corrected chi connectivity index (χ4v) is 4.75. The van der Waals surface area contributed by atoms with Gasteiger partial charge >= 0.3 is 0 Å². The second kappa shape index (κ2) is 8.90. The molecule has 7 nitrogen and oxygen atoms in total. The Morgan fingerprint density at radius 3 is 2.58 bits per heavy atom. The predicted molar refractivity (Wildman–Crippen MR) is 123 cm³/mol. The summed E-state index contributed by atoms with van der Waals surface area (Å²) in [6.07, 6.45) is 1.77. The Labute approximate surface area is 191 Å². The molecule has 3 heterocycles. The molecule has 1 amide bonds. The molecule has 0 saturated carbocycles. The Morgan fingerprint density at radius 1 is 1.03 bits per heavy atom. The maximum atomic E-state index is 13.6. The molecule has 7 heteroatoms. The maximum Gasteiger partial charge on any atom is 0.291 e. The number of fused-ring (bicyclic) bond motifs is 2. The number of carbonyl (C=O) groups is 1. The molecule has 0 bridgehead atoms. The van der Waals surface area contributed by atoms with E-state index in [4.69, 9.17) is 18.6 Å². The average Bonchev–Trinajstić information content (AvgIpc) is 3.43. The molecule has 0 radical (unpaired) electrons. The van der Waals surface area contributed by atoms with E-state index in [1.807, 2.05) is 32.0 Å². The zero-order valence-corrected chi connectivity index (χ0v) is 18.8. The van der Waals surface area contributed by atoms with Gasteiger partial charge in [0.05, 0.1) is 36.3 Å². The van der Waals surface area contributed by atoms with Gasteiger partial charge in [-0.2, -0.15) is 0 Å². The Balaban J connectivity index is 1.67. The molecule has 3 aromatic rings. The quantitative estimate of drug-likeness (QED) is 0.535. The summed E-state index contributed by atoms with van der Waals surface area (Å²) >= 11 is 0. The molecule has 2 atom stereocenters. The first-order valence-electron chi connectivity index (χ1n) is 11.5. The summed E-state index contributed by atoms with van der Waals surface area (Å²) in [7, 11) is 0. The zero-order valence-electron chi connectivity index (χ0n) is 18.8. The van der Waals surface area contributed by atoms with E-state index in [2.05, 4.69) is 0 Å². The number of nitrogens with zero attached hydrogens (tertiary/aromatic N) is 1. The van der Waals surface area contributed by atoms with Crippen molar-refractivity contribution < 1.29 is 23.4 Å². The van der Waals surface area contributed by atoms with Gasteiger partial charge in [0.25, 0.3) is 5.91 Å². The van der Waals surface area contributed by atoms with E-state index >= 15 is 0 Å². The lowest BCUT2D eigenvalue weighted by atomic mass is 9.97. The van der Waals surface area contributed by atoms with Crippen molar-refractivity contribution in [2.75, 3.05) is 26.4 Å². The fourth-order valence-electron chi connectivity index (χ4n) is 4.75. The molecule has 2 aromatic carbocycles. The highest BCUT2D eigenvalue weighted by atomic mass is 16.5. The van der Waals surface area contributed by atoms with E-state index in [0.29, 0.717) is 54.4 Å². The van der Waals surface area contributed by atoms with E-state index in [-0.39, 0.29) is 23.2 Å². The van der Waals surface area contributed by atoms with Gasteiger partial charge in [0, 0.05) is 13.2 Å². The summed E-state index contributed by atoms with van der Waals surface area (Å²) in [5.74, 6) is 1.03. The topological polar surface area (TPSA) is 78.2 Å². The van der Waals surface area contributed by atoms with E-state index in [1.54, 1.807) is 29.2 Å². The van der Waals surface area contributed by atoms with Crippen LogP contribution in [0.3, 0.4) is 0 Å². The van der Waals surface area contributed by atoms with Gasteiger partial charge in [-0.3, -0.25) is 9.59 Å². The van der Waals surface area contributed by atoms with Crippen molar-refractivity contribution in [3.63, 3.8) is 0 Å². The van der Waals surface area contributed by atoms with E-state index in [1.165, 1.54) is 0 Å². The fraction of sp³-hybridized carbons (Fsp3) is 0.385. The van der Waals surface area contributed by atoms with Gasteiger partial charge in [-0.1, -0.05) is 18.2 Å². The SMILES string of the molecule is CCOc1ccc([C@H]2c3c(oc4ccccc4c3=O)C(=O)N2C[C@H]2CCCO2)cc1OCC. The summed E-state index contributed by atoms with van der Waals surface area (Å²) in [4.78, 5) is 28.8. The van der Waals surface area contributed by atoms with Gasteiger partial charge in [-0.25, -0.2) is 0 Å². The lowest BCUT2D eigenvalue weighted by Crippen LogP contribution is -2.36. The second-order valence-electron chi connectivity index (χ2n) is 8.24. The summed E-state index contributed by atoms with van der Waals surface area (Å²) in [5, 5.41) is 0.462. The van der Waals surface area contributed by atoms with Crippen LogP contribution in [0, 0.1) is 0 Å². The van der Waals surface area contributed by atoms with Crippen LogP contribution < -0.4 is 14.9 Å². The third kappa shape index (κ3) is 3.76. The van der Waals surface area contributed by atoms with Crippen LogP contribution in [-0.2, 0) is 4.74 Å². The normalized spacial score (nSPS) is 19.8. The maximum absolute atomic E-state index is 13.6. The minimum absolute atomic E-state index is 0.0654. The van der Waals surface area contributed by atoms with Crippen LogP contribution in [0.15, 0.2) is 51.7 Å². The first-order chi connectivity index (χ1) is 16.1. The van der Waals surface area contributed by atoms with Gasteiger partial charge in [0.1, 0.15) is 5.58 Å². The molecule has 1 saturated heterocycles. The van der Waals surface area contributed by atoms with Crippen molar-refractivity contribution in [3.8, 4) is 11.5 Å². The highest BCUT2D eigenvalue weighted by molar-refractivity contribution is 5.99. The number of benzene rings is 2. The van der Waals surface area contributed by atoms with E-state index in [0.717, 1.165) is 18.4 Å². The van der Waals surface area contributed by atoms with E-state index in [9.17, 15) is 9.59 Å². The van der Waals surface area contributed by atoms with Crippen LogP contribution in [0.5, 0.6) is 11.5 Å². The molecule has 1 aromatic heterocycles. The van der Waals surface area contributed by atoms with Gasteiger partial charge in [-0.15, -0.1) is 0 Å². The van der Waals surface area contributed by atoms with Crippen LogP contribution in [0.2, 0.25) is 0 Å². The molecule has 2 aliphatic rings. The lowest BCUT2D eigenvalue weighted by molar-refractivity contribution is 0.0486. The Kier molecular flexibility index (Phi) is 5.81. The summed E-state index contributed by atoms with van der Waals surface area (Å²) < 4.78 is 23.3. The number of rotatable bonds is 7. The lowest BCUT2D eigenvalue weighted by Gasteiger charge is -2.28. The Hall–Kier alpha value is -3.32. The zero-order chi connectivity index (χ0) is 22.9. The highest BCUT2D eigenvalue weighted by Crippen LogP contribution is 2.41. The van der Waals surface area contributed by atoms with Gasteiger partial charge in [0.2, 0.25) is 5.76 Å². The Morgan fingerprint density at radius 2 is 1.82 bits per heavy atom. The summed E-state index contributed by atoms with van der Waals surface area (Å²) in [6, 6.07) is 12.0. The first-order valence-corrected chi connectivity index (χ1v) is 11.5. The highest BCUT2D eigenvalue weighted by Gasteiger charge is 2.44. The molecule has 172 valence electrons. The largest absolute Gasteiger partial charge is 0.490 e. The standard InChI is InChI=1S/C26H27NO6/c1-3-30-20-12-11-16(14-21(20)31-4-2)23-22-24(28)18-9-5-6-10-19(18)33-25(22)26(29)27(23)15-17-8-7-13-32-17/h5-6,9-12,14,17,23H,3-4,7-8,13,15H2,1-2H3/t17-,23+/m1/s1. The predicted octanol–water partition coefficient (Wildman–Crippen LogP) is 4.31. The minimum atomic E-state index is -0.590. The minimum Gasteiger partial charge on any atom is -0.490 e. The molecule has 0 spiro atoms. The number of para-hydroxylation sites is 1.